The Morgan fingerprint density at radius 2 is 0.836 bits per heavy atom. The molecule has 6 unspecified atom stereocenters. The number of aliphatic hydroxyl groups excluding tert-OH is 5. The molecule has 6 atom stereocenters. The molecule has 0 aromatic carbocycles. The van der Waals surface area contributed by atoms with Gasteiger partial charge < -0.3 is 39.9 Å². The maximum atomic E-state index is 12.9. The summed E-state index contributed by atoms with van der Waals surface area (Å²) in [5, 5.41) is 50.3. The molecule has 0 aromatic heterocycles. The first-order valence-electron chi connectivity index (χ1n) is 27.3. The van der Waals surface area contributed by atoms with Gasteiger partial charge in [-0.05, 0) is 70.6 Å². The third-order valence-electron chi connectivity index (χ3n) is 12.7. The minimum Gasteiger partial charge on any atom is -0.457 e. The maximum Gasteiger partial charge on any atom is 0.472 e. The third-order valence-corrected chi connectivity index (χ3v) is 13.7. The number of ether oxygens (including phenoxy) is 2. The molecule has 1 rings (SSSR count). The number of phosphoric ester groups is 1. The van der Waals surface area contributed by atoms with Gasteiger partial charge in [-0.3, -0.25) is 13.8 Å². The minimum absolute atomic E-state index is 0.0825. The number of hydrogen-bond donors (Lipinski definition) is 6. The van der Waals surface area contributed by atoms with Gasteiger partial charge in [0.2, 0.25) is 0 Å². The van der Waals surface area contributed by atoms with E-state index in [9.17, 15) is 39.8 Å². The second kappa shape index (κ2) is 44.5. The van der Waals surface area contributed by atoms with Crippen LogP contribution in [0.2, 0.25) is 0 Å². The van der Waals surface area contributed by atoms with Crippen LogP contribution >= 0.6 is 7.82 Å². The van der Waals surface area contributed by atoms with E-state index in [2.05, 4.69) is 50.3 Å². The van der Waals surface area contributed by atoms with Crippen LogP contribution in [-0.2, 0) is 27.9 Å². The van der Waals surface area contributed by atoms with E-state index in [1.54, 1.807) is 0 Å². The molecule has 6 N–H and O–H groups in total. The lowest BCUT2D eigenvalue weighted by molar-refractivity contribution is -0.220. The highest BCUT2D eigenvalue weighted by atomic mass is 31.2. The quantitative estimate of drug-likeness (QED) is 0.0147. The van der Waals surface area contributed by atoms with Crippen molar-refractivity contribution in [2.24, 2.45) is 0 Å². The zero-order valence-electron chi connectivity index (χ0n) is 42.5. The summed E-state index contributed by atoms with van der Waals surface area (Å²) in [7, 11) is -5.03. The first-order valence-corrected chi connectivity index (χ1v) is 28.8. The van der Waals surface area contributed by atoms with Gasteiger partial charge in [-0.1, -0.05) is 198 Å². The smallest absolute Gasteiger partial charge is 0.457 e. The number of esters is 1. The summed E-state index contributed by atoms with van der Waals surface area (Å²) in [4.78, 5) is 23.3. The number of carbonyl (C=O) groups excluding carboxylic acids is 1. The van der Waals surface area contributed by atoms with Gasteiger partial charge in [0, 0.05) is 13.0 Å². The lowest BCUT2D eigenvalue weighted by Gasteiger charge is -2.41. The summed E-state index contributed by atoms with van der Waals surface area (Å²) in [6.07, 6.45) is 42.1. The van der Waals surface area contributed by atoms with Crippen molar-refractivity contribution in [1.82, 2.24) is 0 Å². The van der Waals surface area contributed by atoms with Crippen molar-refractivity contribution in [1.29, 1.82) is 0 Å². The van der Waals surface area contributed by atoms with Crippen molar-refractivity contribution in [2.75, 3.05) is 19.8 Å². The molecule has 0 aromatic rings. The van der Waals surface area contributed by atoms with E-state index in [0.717, 1.165) is 57.8 Å². The molecule has 1 saturated carbocycles. The molecule has 1 aliphatic carbocycles. The average Bonchev–Trinajstić information content (AvgIpc) is 3.31. The Labute approximate surface area is 408 Å². The van der Waals surface area contributed by atoms with Crippen molar-refractivity contribution in [3.63, 3.8) is 0 Å². The summed E-state index contributed by atoms with van der Waals surface area (Å²) in [6.45, 7) is 4.25. The Kier molecular flexibility index (Phi) is 42.2. The molecule has 0 aliphatic heterocycles. The Morgan fingerprint density at radius 3 is 1.28 bits per heavy atom. The molecular weight excluding hydrogens is 872 g/mol. The molecular formula is C54H101O12P. The number of rotatable bonds is 47. The number of aliphatic hydroxyl groups is 5. The van der Waals surface area contributed by atoms with Crippen LogP contribution in [0.4, 0.5) is 0 Å². The van der Waals surface area contributed by atoms with Crippen molar-refractivity contribution in [2.45, 2.75) is 281 Å². The van der Waals surface area contributed by atoms with Crippen LogP contribution in [0.3, 0.4) is 0 Å². The van der Waals surface area contributed by atoms with Gasteiger partial charge in [0.05, 0.1) is 13.2 Å². The monoisotopic (exact) mass is 973 g/mol. The van der Waals surface area contributed by atoms with Gasteiger partial charge in [0.15, 0.2) is 0 Å². The zero-order valence-corrected chi connectivity index (χ0v) is 43.4. The first kappa shape index (κ1) is 63.6. The molecule has 12 nitrogen and oxygen atoms in total. The minimum atomic E-state index is -5.03. The van der Waals surface area contributed by atoms with E-state index in [4.69, 9.17) is 18.5 Å². The Morgan fingerprint density at radius 1 is 0.478 bits per heavy atom. The Bertz CT molecular complexity index is 1250. The van der Waals surface area contributed by atoms with Crippen molar-refractivity contribution in [3.05, 3.63) is 36.5 Å². The van der Waals surface area contributed by atoms with Crippen LogP contribution in [0.25, 0.3) is 0 Å². The molecule has 1 aliphatic rings. The van der Waals surface area contributed by atoms with Gasteiger partial charge >= 0.3 is 13.8 Å². The molecule has 1 fully saturated rings. The molecule has 0 heterocycles. The second-order valence-corrected chi connectivity index (χ2v) is 20.5. The van der Waals surface area contributed by atoms with Gasteiger partial charge in [0.25, 0.3) is 0 Å². The standard InChI is InChI=1S/C54H101O12P/c1-3-5-7-9-11-13-15-17-19-21-22-23-24-25-26-27-29-31-33-35-37-39-41-43-48(55)65-47(46-64-67(61,62)66-54-52(59)50(57)49(56)51(58)53(54)60)45-63-44-42-40-38-36-34-32-30-28-20-18-16-14-12-10-8-6-4-2/h14,16,20-22,28,47,49-54,56-60H,3-13,15,17-19,23-27,29-46H2,1-2H3,(H,61,62)/b16-14-,22-21-,28-20-. The maximum absolute atomic E-state index is 12.9. The van der Waals surface area contributed by atoms with E-state index in [-0.39, 0.29) is 13.0 Å². The number of carbonyl (C=O) groups is 1. The van der Waals surface area contributed by atoms with Gasteiger partial charge in [-0.15, -0.1) is 0 Å². The van der Waals surface area contributed by atoms with Gasteiger partial charge in [-0.2, -0.15) is 0 Å². The number of hydrogen-bond acceptors (Lipinski definition) is 11. The van der Waals surface area contributed by atoms with E-state index in [1.807, 2.05) is 0 Å². The van der Waals surface area contributed by atoms with Crippen LogP contribution in [0.15, 0.2) is 36.5 Å². The Balaban J connectivity index is 2.31. The summed E-state index contributed by atoms with van der Waals surface area (Å²) >= 11 is 0. The highest BCUT2D eigenvalue weighted by Gasteiger charge is 2.51. The van der Waals surface area contributed by atoms with E-state index < -0.39 is 63.1 Å². The lowest BCUT2D eigenvalue weighted by atomic mass is 9.85. The number of phosphoric acid groups is 1. The van der Waals surface area contributed by atoms with Crippen molar-refractivity contribution in [3.8, 4) is 0 Å². The van der Waals surface area contributed by atoms with E-state index in [0.29, 0.717) is 13.0 Å². The third kappa shape index (κ3) is 36.2. The highest BCUT2D eigenvalue weighted by Crippen LogP contribution is 2.47. The lowest BCUT2D eigenvalue weighted by Crippen LogP contribution is -2.64. The predicted molar refractivity (Wildman–Crippen MR) is 272 cm³/mol. The summed E-state index contributed by atoms with van der Waals surface area (Å²) in [6, 6.07) is 0. The fraction of sp³-hybridized carbons (Fsp3) is 0.870. The predicted octanol–water partition coefficient (Wildman–Crippen LogP) is 12.6. The highest BCUT2D eigenvalue weighted by molar-refractivity contribution is 7.47. The van der Waals surface area contributed by atoms with Crippen LogP contribution in [-0.4, -0.2) is 98.9 Å². The molecule has 0 spiro atoms. The average molecular weight is 973 g/mol. The molecule has 67 heavy (non-hydrogen) atoms. The Hall–Kier alpha value is -1.44. The fourth-order valence-corrected chi connectivity index (χ4v) is 9.35. The molecule has 13 heteroatoms. The molecule has 0 radical (unpaired) electrons. The van der Waals surface area contributed by atoms with E-state index in [1.165, 1.54) is 154 Å². The van der Waals surface area contributed by atoms with Crippen LogP contribution in [0, 0.1) is 0 Å². The number of unbranched alkanes of at least 4 members (excludes halogenated alkanes) is 29. The van der Waals surface area contributed by atoms with Crippen LogP contribution in [0.1, 0.15) is 239 Å². The second-order valence-electron chi connectivity index (χ2n) is 19.1. The molecule has 0 amide bonds. The summed E-state index contributed by atoms with van der Waals surface area (Å²) in [5.41, 5.74) is 0. The largest absolute Gasteiger partial charge is 0.472 e. The molecule has 0 saturated heterocycles. The summed E-state index contributed by atoms with van der Waals surface area (Å²) < 4.78 is 34.3. The van der Waals surface area contributed by atoms with Gasteiger partial charge in [-0.25, -0.2) is 4.57 Å². The summed E-state index contributed by atoms with van der Waals surface area (Å²) in [5.74, 6) is -0.479. The molecule has 394 valence electrons. The first-order chi connectivity index (χ1) is 32.5. The normalized spacial score (nSPS) is 21.5. The SMILES string of the molecule is CCCCCC/C=C\C/C=C\CCCCCCCCOCC(COP(=O)(O)OC1C(O)C(O)C(O)C(O)C1O)OC(=O)CCCCCCCCCCCCC/C=C\CCCCCCCCCC. The number of allylic oxidation sites excluding steroid dienone is 6. The van der Waals surface area contributed by atoms with Gasteiger partial charge in [0.1, 0.15) is 42.7 Å². The van der Waals surface area contributed by atoms with Crippen molar-refractivity contribution < 1.29 is 58.3 Å². The van der Waals surface area contributed by atoms with Crippen molar-refractivity contribution >= 4 is 13.8 Å². The van der Waals surface area contributed by atoms with E-state index >= 15 is 0 Å². The molecule has 0 bridgehead atoms. The fourth-order valence-electron chi connectivity index (χ4n) is 8.38. The van der Waals surface area contributed by atoms with Crippen LogP contribution in [0.5, 0.6) is 0 Å². The zero-order chi connectivity index (χ0) is 49.1. The van der Waals surface area contributed by atoms with Crippen LogP contribution < -0.4 is 0 Å². The topological polar surface area (TPSA) is 192 Å².